The Hall–Kier alpha value is -3.92. The van der Waals surface area contributed by atoms with Gasteiger partial charge in [0.1, 0.15) is 12.6 Å². The third-order valence-corrected chi connectivity index (χ3v) is 6.89. The molecule has 1 unspecified atom stereocenters. The summed E-state index contributed by atoms with van der Waals surface area (Å²) in [6, 6.07) is 6.33. The van der Waals surface area contributed by atoms with Crippen LogP contribution in [0.3, 0.4) is 0 Å². The zero-order valence-electron chi connectivity index (χ0n) is 18.9. The number of Topliss-reactive ketones (excluding diaryl/α,β-unsaturated/α-hetero) is 1. The molecule has 36 heavy (non-hydrogen) atoms. The van der Waals surface area contributed by atoms with Crippen LogP contribution in [0.5, 0.6) is 0 Å². The van der Waals surface area contributed by atoms with E-state index >= 15 is 0 Å². The quantitative estimate of drug-likeness (QED) is 0.354. The fourth-order valence-corrected chi connectivity index (χ4v) is 5.02. The highest BCUT2D eigenvalue weighted by molar-refractivity contribution is 6.31. The van der Waals surface area contributed by atoms with E-state index in [1.165, 1.54) is 29.2 Å². The number of benzene rings is 2. The second kappa shape index (κ2) is 9.27. The van der Waals surface area contributed by atoms with Gasteiger partial charge in [-0.2, -0.15) is 0 Å². The molecule has 3 N–H and O–H groups in total. The molecule has 186 valence electrons. The Labute approximate surface area is 210 Å². The molecule has 5 rings (SSSR count). The molecule has 1 saturated heterocycles. The van der Waals surface area contributed by atoms with Crippen molar-refractivity contribution < 1.29 is 33.0 Å². The lowest BCUT2D eigenvalue weighted by molar-refractivity contribution is -0.152. The first-order valence-electron chi connectivity index (χ1n) is 11.3. The van der Waals surface area contributed by atoms with E-state index in [0.717, 1.165) is 0 Å². The number of nitrogens with one attached hydrogen (secondary N) is 1. The maximum Gasteiger partial charge on any atom is 0.411 e. The summed E-state index contributed by atoms with van der Waals surface area (Å²) in [7, 11) is 0. The predicted octanol–water partition coefficient (Wildman–Crippen LogP) is 3.70. The number of carbonyl (C=O) groups excluding carboxylic acids is 4. The van der Waals surface area contributed by atoms with Crippen molar-refractivity contribution in [1.82, 2.24) is 4.90 Å². The van der Waals surface area contributed by atoms with Crippen LogP contribution in [-0.4, -0.2) is 47.3 Å². The number of ketones is 1. The summed E-state index contributed by atoms with van der Waals surface area (Å²) in [4.78, 5) is 51.0. The largest absolute Gasteiger partial charge is 0.456 e. The lowest BCUT2D eigenvalue weighted by Crippen LogP contribution is -2.47. The minimum Gasteiger partial charge on any atom is -0.456 e. The number of ether oxygens (including phenoxy) is 2. The predicted molar refractivity (Wildman–Crippen MR) is 128 cm³/mol. The van der Waals surface area contributed by atoms with Gasteiger partial charge in [-0.05, 0) is 55.2 Å². The SMILES string of the molecule is Nc1ccc(Cl)c(F)c1C1=CC(=O)N2C(CC[C@H]2C(=O)OCC(=O)c2ccc3c(c2)COC(=O)N3)C1. The van der Waals surface area contributed by atoms with Crippen LogP contribution in [0.4, 0.5) is 20.6 Å². The van der Waals surface area contributed by atoms with Gasteiger partial charge in [0.25, 0.3) is 0 Å². The van der Waals surface area contributed by atoms with E-state index < -0.39 is 42.2 Å². The van der Waals surface area contributed by atoms with E-state index in [-0.39, 0.29) is 28.9 Å². The van der Waals surface area contributed by atoms with E-state index in [2.05, 4.69) is 5.32 Å². The van der Waals surface area contributed by atoms with Gasteiger partial charge in [0.15, 0.2) is 18.2 Å². The fraction of sp³-hybridized carbons (Fsp3) is 0.280. The molecule has 2 aromatic rings. The van der Waals surface area contributed by atoms with Gasteiger partial charge in [-0.25, -0.2) is 14.0 Å². The standard InChI is InChI=1S/C25H21ClFN3O6/c26-16-3-4-17(28)22(23(16)27)13-8-15-2-6-19(30(15)21(32)9-13)24(33)35-11-20(31)12-1-5-18-14(7-12)10-36-25(34)29-18/h1,3-5,7,9,15,19H,2,6,8,10-11,28H2,(H,29,34)/t15?,19-/m0/s1. The van der Waals surface area contributed by atoms with E-state index in [1.54, 1.807) is 12.1 Å². The molecule has 0 bridgehead atoms. The number of rotatable bonds is 5. The van der Waals surface area contributed by atoms with Crippen LogP contribution in [0.25, 0.3) is 5.57 Å². The number of anilines is 2. The third kappa shape index (κ3) is 4.28. The summed E-state index contributed by atoms with van der Waals surface area (Å²) < 4.78 is 24.8. The minimum absolute atomic E-state index is 0.0306. The van der Waals surface area contributed by atoms with Crippen molar-refractivity contribution in [3.05, 3.63) is 63.9 Å². The summed E-state index contributed by atoms with van der Waals surface area (Å²) >= 11 is 5.90. The van der Waals surface area contributed by atoms with Gasteiger partial charge in [-0.3, -0.25) is 14.9 Å². The van der Waals surface area contributed by atoms with Gasteiger partial charge in [-0.15, -0.1) is 0 Å². The van der Waals surface area contributed by atoms with Crippen LogP contribution in [0, 0.1) is 5.82 Å². The molecule has 11 heteroatoms. The number of nitrogens with two attached hydrogens (primary N) is 1. The molecule has 2 aromatic carbocycles. The maximum absolute atomic E-state index is 14.6. The number of amides is 2. The zero-order valence-corrected chi connectivity index (χ0v) is 19.6. The third-order valence-electron chi connectivity index (χ3n) is 6.60. The van der Waals surface area contributed by atoms with Crippen LogP contribution >= 0.6 is 11.6 Å². The fourth-order valence-electron chi connectivity index (χ4n) is 4.86. The summed E-state index contributed by atoms with van der Waals surface area (Å²) in [6.07, 6.45) is 1.88. The molecular formula is C25H21ClFN3O6. The van der Waals surface area contributed by atoms with Crippen molar-refractivity contribution in [3.63, 3.8) is 0 Å². The molecule has 0 saturated carbocycles. The number of hydrogen-bond donors (Lipinski definition) is 2. The van der Waals surface area contributed by atoms with Crippen molar-refractivity contribution in [1.29, 1.82) is 0 Å². The summed E-state index contributed by atoms with van der Waals surface area (Å²) in [5, 5.41) is 2.44. The summed E-state index contributed by atoms with van der Waals surface area (Å²) in [5.41, 5.74) is 8.12. The summed E-state index contributed by atoms with van der Waals surface area (Å²) in [5.74, 6) is -2.26. The van der Waals surface area contributed by atoms with E-state index in [1.807, 2.05) is 0 Å². The lowest BCUT2D eigenvalue weighted by Gasteiger charge is -2.33. The monoisotopic (exact) mass is 513 g/mol. The smallest absolute Gasteiger partial charge is 0.411 e. The molecule has 0 radical (unpaired) electrons. The number of esters is 1. The molecule has 3 aliphatic rings. The molecule has 9 nitrogen and oxygen atoms in total. The van der Waals surface area contributed by atoms with Crippen LogP contribution in [0.2, 0.25) is 5.02 Å². The highest BCUT2D eigenvalue weighted by atomic mass is 35.5. The molecule has 0 spiro atoms. The Morgan fingerprint density at radius 3 is 2.83 bits per heavy atom. The van der Waals surface area contributed by atoms with Crippen LogP contribution in [0.15, 0.2) is 36.4 Å². The second-order valence-electron chi connectivity index (χ2n) is 8.80. The van der Waals surface area contributed by atoms with Gasteiger partial charge >= 0.3 is 12.1 Å². The number of halogens is 2. The number of fused-ring (bicyclic) bond motifs is 2. The van der Waals surface area contributed by atoms with Crippen molar-refractivity contribution in [2.24, 2.45) is 0 Å². The number of cyclic esters (lactones) is 1. The van der Waals surface area contributed by atoms with Gasteiger partial charge in [-0.1, -0.05) is 11.6 Å². The van der Waals surface area contributed by atoms with E-state index in [0.29, 0.717) is 41.6 Å². The van der Waals surface area contributed by atoms with Crippen molar-refractivity contribution in [3.8, 4) is 0 Å². The maximum atomic E-state index is 14.6. The van der Waals surface area contributed by atoms with Crippen molar-refractivity contribution >= 4 is 52.3 Å². The Morgan fingerprint density at radius 2 is 2.03 bits per heavy atom. The van der Waals surface area contributed by atoms with E-state index in [9.17, 15) is 23.6 Å². The Bertz CT molecular complexity index is 1340. The first-order chi connectivity index (χ1) is 17.2. The van der Waals surface area contributed by atoms with Gasteiger partial charge in [0.2, 0.25) is 5.91 Å². The first-order valence-corrected chi connectivity index (χ1v) is 11.6. The topological polar surface area (TPSA) is 128 Å². The highest BCUT2D eigenvalue weighted by Crippen LogP contribution is 2.40. The Morgan fingerprint density at radius 1 is 1.22 bits per heavy atom. The highest BCUT2D eigenvalue weighted by Gasteiger charge is 2.44. The average Bonchev–Trinajstić information content (AvgIpc) is 3.29. The van der Waals surface area contributed by atoms with Gasteiger partial charge < -0.3 is 20.1 Å². The first kappa shape index (κ1) is 23.8. The van der Waals surface area contributed by atoms with Gasteiger partial charge in [0, 0.05) is 34.5 Å². The number of carbonyl (C=O) groups is 4. The van der Waals surface area contributed by atoms with Crippen LogP contribution in [-0.2, 0) is 25.7 Å². The number of nitrogens with zero attached hydrogens (tertiary/aromatic N) is 1. The molecular weight excluding hydrogens is 493 g/mol. The normalized spacial score (nSPS) is 20.6. The Kier molecular flexibility index (Phi) is 6.13. The molecule has 1 fully saturated rings. The minimum atomic E-state index is -0.846. The molecule has 0 aliphatic carbocycles. The number of nitrogen functional groups attached to an aromatic ring is 1. The zero-order chi connectivity index (χ0) is 25.6. The molecule has 3 heterocycles. The lowest BCUT2D eigenvalue weighted by atomic mass is 9.92. The second-order valence-corrected chi connectivity index (χ2v) is 9.20. The summed E-state index contributed by atoms with van der Waals surface area (Å²) in [6.45, 7) is -0.470. The molecule has 0 aromatic heterocycles. The molecule has 3 aliphatic heterocycles. The molecule has 2 amide bonds. The van der Waals surface area contributed by atoms with E-state index in [4.69, 9.17) is 26.8 Å². The van der Waals surface area contributed by atoms with Crippen LogP contribution in [0.1, 0.15) is 40.7 Å². The molecule has 2 atom stereocenters. The number of hydrogen-bond acceptors (Lipinski definition) is 7. The van der Waals surface area contributed by atoms with Crippen molar-refractivity contribution in [2.45, 2.75) is 38.0 Å². The van der Waals surface area contributed by atoms with Crippen LogP contribution < -0.4 is 11.1 Å². The van der Waals surface area contributed by atoms with Gasteiger partial charge in [0.05, 0.1) is 10.7 Å². The average molecular weight is 514 g/mol. The van der Waals surface area contributed by atoms with Crippen molar-refractivity contribution in [2.75, 3.05) is 17.7 Å². The Balaban J connectivity index is 1.25.